The molecule has 8 nitrogen and oxygen atoms in total. The second-order valence-corrected chi connectivity index (χ2v) is 9.20. The van der Waals surface area contributed by atoms with Gasteiger partial charge in [-0.1, -0.05) is 6.92 Å². The van der Waals surface area contributed by atoms with E-state index in [1.54, 1.807) is 44.8 Å². The summed E-state index contributed by atoms with van der Waals surface area (Å²) in [6.45, 7) is 4.49. The highest BCUT2D eigenvalue weighted by Gasteiger charge is 2.29. The Hall–Kier alpha value is -2.56. The van der Waals surface area contributed by atoms with Crippen LogP contribution in [0.4, 0.5) is 10.1 Å². The first kappa shape index (κ1) is 25.5. The van der Waals surface area contributed by atoms with E-state index in [0.717, 1.165) is 66.5 Å². The SMILES string of the molecule is CCCN(c1c(COC)nn2c(-c3c(OC)cc(OCCF)cc3OC)csc12)C1CCOCC1. The Labute approximate surface area is 209 Å². The van der Waals surface area contributed by atoms with Crippen molar-refractivity contribution in [1.82, 2.24) is 9.61 Å². The molecule has 1 saturated heterocycles. The lowest BCUT2D eigenvalue weighted by molar-refractivity contribution is 0.0843. The number of anilines is 1. The molecular formula is C25H34FN3O5S. The molecular weight excluding hydrogens is 473 g/mol. The Morgan fingerprint density at radius 3 is 2.49 bits per heavy atom. The first-order valence-electron chi connectivity index (χ1n) is 11.9. The van der Waals surface area contributed by atoms with Crippen LogP contribution in [0.1, 0.15) is 31.9 Å². The third-order valence-electron chi connectivity index (χ3n) is 6.15. The molecule has 0 atom stereocenters. The molecule has 2 aromatic heterocycles. The molecule has 0 aliphatic carbocycles. The van der Waals surface area contributed by atoms with Gasteiger partial charge in [0.25, 0.3) is 0 Å². The molecule has 0 spiro atoms. The number of ether oxygens (including phenoxy) is 5. The summed E-state index contributed by atoms with van der Waals surface area (Å²) in [5.74, 6) is 1.62. The first-order valence-corrected chi connectivity index (χ1v) is 12.8. The summed E-state index contributed by atoms with van der Waals surface area (Å²) in [6, 6.07) is 3.90. The zero-order valence-corrected chi connectivity index (χ0v) is 21.7. The van der Waals surface area contributed by atoms with Crippen LogP contribution in [0, 0.1) is 0 Å². The van der Waals surface area contributed by atoms with E-state index in [2.05, 4.69) is 17.2 Å². The number of thiazole rings is 1. The number of nitrogens with zero attached hydrogens (tertiary/aromatic N) is 3. The van der Waals surface area contributed by atoms with Gasteiger partial charge < -0.3 is 28.6 Å². The lowest BCUT2D eigenvalue weighted by Gasteiger charge is -2.35. The van der Waals surface area contributed by atoms with E-state index in [1.165, 1.54) is 0 Å². The largest absolute Gasteiger partial charge is 0.496 e. The molecule has 0 unspecified atom stereocenters. The van der Waals surface area contributed by atoms with Crippen molar-refractivity contribution in [3.8, 4) is 28.5 Å². The summed E-state index contributed by atoms with van der Waals surface area (Å²) in [4.78, 5) is 3.54. The molecule has 0 saturated carbocycles. The maximum atomic E-state index is 12.7. The summed E-state index contributed by atoms with van der Waals surface area (Å²) < 4.78 is 42.7. The number of benzene rings is 1. The Balaban J connectivity index is 1.85. The van der Waals surface area contributed by atoms with E-state index < -0.39 is 6.67 Å². The second kappa shape index (κ2) is 11.9. The highest BCUT2D eigenvalue weighted by Crippen LogP contribution is 2.45. The fourth-order valence-corrected chi connectivity index (χ4v) is 5.68. The Morgan fingerprint density at radius 1 is 1.17 bits per heavy atom. The topological polar surface area (TPSA) is 66.7 Å². The van der Waals surface area contributed by atoms with E-state index in [-0.39, 0.29) is 6.61 Å². The molecule has 0 bridgehead atoms. The molecule has 1 fully saturated rings. The predicted molar refractivity (Wildman–Crippen MR) is 135 cm³/mol. The van der Waals surface area contributed by atoms with Crippen molar-refractivity contribution in [1.29, 1.82) is 0 Å². The van der Waals surface area contributed by atoms with Crippen molar-refractivity contribution in [2.45, 2.75) is 38.8 Å². The highest BCUT2D eigenvalue weighted by molar-refractivity contribution is 7.16. The van der Waals surface area contributed by atoms with E-state index in [9.17, 15) is 4.39 Å². The minimum atomic E-state index is -0.572. The molecule has 3 heterocycles. The minimum absolute atomic E-state index is 0.0310. The fourth-order valence-electron chi connectivity index (χ4n) is 4.65. The van der Waals surface area contributed by atoms with Gasteiger partial charge in [0.15, 0.2) is 0 Å². The van der Waals surface area contributed by atoms with Gasteiger partial charge in [-0.25, -0.2) is 8.91 Å². The zero-order chi connectivity index (χ0) is 24.8. The Bertz CT molecular complexity index is 1090. The van der Waals surface area contributed by atoms with Crippen LogP contribution < -0.4 is 19.1 Å². The number of aromatic nitrogens is 2. The van der Waals surface area contributed by atoms with E-state index >= 15 is 0 Å². The van der Waals surface area contributed by atoms with Gasteiger partial charge in [-0.2, -0.15) is 5.10 Å². The van der Waals surface area contributed by atoms with E-state index in [0.29, 0.717) is 29.9 Å². The third kappa shape index (κ3) is 5.19. The molecule has 1 aromatic carbocycles. The number of hydrogen-bond donors (Lipinski definition) is 0. The summed E-state index contributed by atoms with van der Waals surface area (Å²) in [5, 5.41) is 7.07. The van der Waals surface area contributed by atoms with E-state index in [4.69, 9.17) is 28.8 Å². The van der Waals surface area contributed by atoms with Crippen LogP contribution in [-0.4, -0.2) is 70.0 Å². The number of fused-ring (bicyclic) bond motifs is 1. The molecule has 1 aliphatic heterocycles. The van der Waals surface area contributed by atoms with Gasteiger partial charge in [-0.05, 0) is 19.3 Å². The summed E-state index contributed by atoms with van der Waals surface area (Å²) >= 11 is 1.64. The van der Waals surface area contributed by atoms with Crippen molar-refractivity contribution in [3.63, 3.8) is 0 Å². The van der Waals surface area contributed by atoms with Gasteiger partial charge >= 0.3 is 0 Å². The van der Waals surface area contributed by atoms with Crippen LogP contribution in [0.3, 0.4) is 0 Å². The number of halogens is 1. The number of alkyl halides is 1. The average molecular weight is 508 g/mol. The highest BCUT2D eigenvalue weighted by atomic mass is 32.1. The molecule has 35 heavy (non-hydrogen) atoms. The van der Waals surface area contributed by atoms with Crippen LogP contribution in [0.15, 0.2) is 17.5 Å². The normalized spacial score (nSPS) is 14.4. The summed E-state index contributed by atoms with van der Waals surface area (Å²) in [7, 11) is 4.89. The number of hydrogen-bond acceptors (Lipinski definition) is 8. The van der Waals surface area contributed by atoms with Gasteiger partial charge in [0.05, 0.1) is 37.8 Å². The average Bonchev–Trinajstić information content (AvgIpc) is 3.45. The molecule has 4 rings (SSSR count). The van der Waals surface area contributed by atoms with Crippen molar-refractivity contribution in [2.24, 2.45) is 0 Å². The number of rotatable bonds is 12. The molecule has 192 valence electrons. The maximum absolute atomic E-state index is 12.7. The van der Waals surface area contributed by atoms with Crippen molar-refractivity contribution in [2.75, 3.05) is 59.3 Å². The second-order valence-electron chi connectivity index (χ2n) is 8.34. The minimum Gasteiger partial charge on any atom is -0.496 e. The molecule has 0 radical (unpaired) electrons. The quantitative estimate of drug-likeness (QED) is 0.343. The predicted octanol–water partition coefficient (Wildman–Crippen LogP) is 4.97. The Kier molecular flexibility index (Phi) is 8.69. The monoisotopic (exact) mass is 507 g/mol. The maximum Gasteiger partial charge on any atom is 0.143 e. The van der Waals surface area contributed by atoms with Crippen LogP contribution in [0.2, 0.25) is 0 Å². The van der Waals surface area contributed by atoms with Gasteiger partial charge in [0, 0.05) is 50.4 Å². The molecule has 0 N–H and O–H groups in total. The van der Waals surface area contributed by atoms with Gasteiger partial charge in [0.1, 0.15) is 41.1 Å². The van der Waals surface area contributed by atoms with Crippen molar-refractivity contribution in [3.05, 3.63) is 23.2 Å². The standard InChI is InChI=1S/C25H34FN3O5S/c1-5-9-28(17-6-10-33-11-7-17)24-19(15-30-2)27-29-20(16-35-25(24)29)23-21(31-3)13-18(34-12-8-26)14-22(23)32-4/h13-14,16-17H,5-12,15H2,1-4H3. The lowest BCUT2D eigenvalue weighted by atomic mass is 10.1. The van der Waals surface area contributed by atoms with Crippen LogP contribution >= 0.6 is 11.3 Å². The zero-order valence-electron chi connectivity index (χ0n) is 20.8. The molecule has 3 aromatic rings. The lowest BCUT2D eigenvalue weighted by Crippen LogP contribution is -2.40. The third-order valence-corrected chi connectivity index (χ3v) is 7.08. The summed E-state index contributed by atoms with van der Waals surface area (Å²) in [5.41, 5.74) is 3.64. The summed E-state index contributed by atoms with van der Waals surface area (Å²) in [6.07, 6.45) is 3.01. The van der Waals surface area contributed by atoms with Crippen LogP contribution in [-0.2, 0) is 16.1 Å². The number of methoxy groups -OCH3 is 3. The molecule has 0 amide bonds. The van der Waals surface area contributed by atoms with Crippen molar-refractivity contribution >= 4 is 21.9 Å². The van der Waals surface area contributed by atoms with Gasteiger partial charge in [-0.15, -0.1) is 11.3 Å². The van der Waals surface area contributed by atoms with E-state index in [1.807, 2.05) is 4.52 Å². The first-order chi connectivity index (χ1) is 17.2. The molecule has 1 aliphatic rings. The Morgan fingerprint density at radius 2 is 1.89 bits per heavy atom. The van der Waals surface area contributed by atoms with Crippen LogP contribution in [0.25, 0.3) is 16.1 Å². The van der Waals surface area contributed by atoms with Gasteiger partial charge in [0.2, 0.25) is 0 Å². The van der Waals surface area contributed by atoms with Crippen molar-refractivity contribution < 1.29 is 28.1 Å². The smallest absolute Gasteiger partial charge is 0.143 e. The van der Waals surface area contributed by atoms with Crippen LogP contribution in [0.5, 0.6) is 17.2 Å². The van der Waals surface area contributed by atoms with Gasteiger partial charge in [-0.3, -0.25) is 0 Å². The fraction of sp³-hybridized carbons (Fsp3) is 0.560. The molecule has 10 heteroatoms.